The summed E-state index contributed by atoms with van der Waals surface area (Å²) in [6, 6.07) is 15.3. The summed E-state index contributed by atoms with van der Waals surface area (Å²) in [5.41, 5.74) is 2.68. The Hall–Kier alpha value is -2.27. The molecule has 5 heteroatoms. The SMILES string of the molecule is CCOc1ccc(N=C2SCCCN2C(=O)c2ccc(C)cc2)cc1. The first kappa shape index (κ1) is 17.5. The van der Waals surface area contributed by atoms with E-state index in [0.29, 0.717) is 18.7 Å². The van der Waals surface area contributed by atoms with Crippen LogP contribution in [0.15, 0.2) is 53.5 Å². The molecular formula is C20H22N2O2S. The molecule has 2 aromatic carbocycles. The van der Waals surface area contributed by atoms with E-state index < -0.39 is 0 Å². The van der Waals surface area contributed by atoms with Crippen molar-refractivity contribution >= 4 is 28.5 Å². The van der Waals surface area contributed by atoms with Crippen LogP contribution >= 0.6 is 11.8 Å². The van der Waals surface area contributed by atoms with E-state index in [9.17, 15) is 4.79 Å². The van der Waals surface area contributed by atoms with Gasteiger partial charge in [0.15, 0.2) is 5.17 Å². The van der Waals surface area contributed by atoms with E-state index in [1.54, 1.807) is 16.7 Å². The van der Waals surface area contributed by atoms with E-state index >= 15 is 0 Å². The molecule has 2 aromatic rings. The highest BCUT2D eigenvalue weighted by atomic mass is 32.2. The Kier molecular flexibility index (Phi) is 5.76. The number of aryl methyl sites for hydroxylation is 1. The lowest BCUT2D eigenvalue weighted by molar-refractivity contribution is 0.0849. The largest absolute Gasteiger partial charge is 0.494 e. The molecule has 1 amide bonds. The number of ether oxygens (including phenoxy) is 1. The number of rotatable bonds is 4. The number of amidine groups is 1. The number of amides is 1. The second kappa shape index (κ2) is 8.21. The first-order chi connectivity index (χ1) is 12.2. The molecule has 1 fully saturated rings. The molecule has 1 saturated heterocycles. The van der Waals surface area contributed by atoms with E-state index in [1.165, 1.54) is 0 Å². The topological polar surface area (TPSA) is 41.9 Å². The maximum Gasteiger partial charge on any atom is 0.259 e. The summed E-state index contributed by atoms with van der Waals surface area (Å²) in [7, 11) is 0. The molecule has 0 aromatic heterocycles. The summed E-state index contributed by atoms with van der Waals surface area (Å²) in [4.78, 5) is 19.3. The van der Waals surface area contributed by atoms with E-state index in [2.05, 4.69) is 0 Å². The minimum Gasteiger partial charge on any atom is -0.494 e. The Morgan fingerprint density at radius 1 is 1.16 bits per heavy atom. The Morgan fingerprint density at radius 2 is 1.88 bits per heavy atom. The molecule has 0 saturated carbocycles. The highest BCUT2D eigenvalue weighted by Crippen LogP contribution is 2.25. The van der Waals surface area contributed by atoms with Gasteiger partial charge >= 0.3 is 0 Å². The Bertz CT molecular complexity index is 754. The van der Waals surface area contributed by atoms with Crippen molar-refractivity contribution in [2.24, 2.45) is 4.99 Å². The predicted octanol–water partition coefficient (Wildman–Crippen LogP) is 4.66. The van der Waals surface area contributed by atoms with Gasteiger partial charge < -0.3 is 4.74 Å². The standard InChI is InChI=1S/C20H22N2O2S/c1-3-24-18-11-9-17(10-12-18)21-20-22(13-4-14-25-20)19(23)16-7-5-15(2)6-8-16/h5-12H,3-4,13-14H2,1-2H3. The van der Waals surface area contributed by atoms with E-state index in [0.717, 1.165) is 34.3 Å². The summed E-state index contributed by atoms with van der Waals surface area (Å²) in [6.07, 6.45) is 0.977. The van der Waals surface area contributed by atoms with Crippen LogP contribution in [0.5, 0.6) is 5.75 Å². The maximum absolute atomic E-state index is 12.9. The van der Waals surface area contributed by atoms with Gasteiger partial charge in [-0.1, -0.05) is 29.5 Å². The molecule has 4 nitrogen and oxygen atoms in total. The summed E-state index contributed by atoms with van der Waals surface area (Å²) in [5.74, 6) is 1.82. The molecule has 130 valence electrons. The number of benzene rings is 2. The molecule has 0 N–H and O–H groups in total. The van der Waals surface area contributed by atoms with Crippen LogP contribution in [0.4, 0.5) is 5.69 Å². The zero-order valence-electron chi connectivity index (χ0n) is 14.6. The first-order valence-electron chi connectivity index (χ1n) is 8.50. The highest BCUT2D eigenvalue weighted by Gasteiger charge is 2.24. The molecule has 1 aliphatic heterocycles. The van der Waals surface area contributed by atoms with Crippen molar-refractivity contribution < 1.29 is 9.53 Å². The molecular weight excluding hydrogens is 332 g/mol. The van der Waals surface area contributed by atoms with Crippen LogP contribution < -0.4 is 4.74 Å². The third kappa shape index (κ3) is 4.42. The van der Waals surface area contributed by atoms with Crippen LogP contribution in [0.2, 0.25) is 0 Å². The van der Waals surface area contributed by atoms with Crippen molar-refractivity contribution in [2.75, 3.05) is 18.9 Å². The van der Waals surface area contributed by atoms with Gasteiger partial charge in [0.25, 0.3) is 5.91 Å². The number of carbonyl (C=O) groups excluding carboxylic acids is 1. The molecule has 0 atom stereocenters. The van der Waals surface area contributed by atoms with Gasteiger partial charge in [0.2, 0.25) is 0 Å². The van der Waals surface area contributed by atoms with Gasteiger partial charge in [0.1, 0.15) is 5.75 Å². The average molecular weight is 354 g/mol. The lowest BCUT2D eigenvalue weighted by atomic mass is 10.1. The van der Waals surface area contributed by atoms with Gasteiger partial charge in [0, 0.05) is 17.9 Å². The van der Waals surface area contributed by atoms with Crippen LogP contribution in [0.1, 0.15) is 29.3 Å². The maximum atomic E-state index is 12.9. The molecule has 0 bridgehead atoms. The molecule has 0 spiro atoms. The monoisotopic (exact) mass is 354 g/mol. The van der Waals surface area contributed by atoms with Gasteiger partial charge in [-0.25, -0.2) is 4.99 Å². The normalized spacial score (nSPS) is 16.1. The van der Waals surface area contributed by atoms with Crippen LogP contribution in [-0.2, 0) is 0 Å². The van der Waals surface area contributed by atoms with Crippen molar-refractivity contribution in [1.82, 2.24) is 4.90 Å². The second-order valence-electron chi connectivity index (χ2n) is 5.85. The molecule has 0 aliphatic carbocycles. The third-order valence-corrected chi connectivity index (χ3v) is 4.97. The van der Waals surface area contributed by atoms with E-state index in [1.807, 2.05) is 62.4 Å². The first-order valence-corrected chi connectivity index (χ1v) is 9.49. The number of hydrogen-bond donors (Lipinski definition) is 0. The number of nitrogens with zero attached hydrogens (tertiary/aromatic N) is 2. The quantitative estimate of drug-likeness (QED) is 0.802. The van der Waals surface area contributed by atoms with Crippen LogP contribution in [0, 0.1) is 6.92 Å². The zero-order chi connectivity index (χ0) is 17.6. The minimum atomic E-state index is 0.0110. The lowest BCUT2D eigenvalue weighted by Crippen LogP contribution is -2.39. The average Bonchev–Trinajstić information content (AvgIpc) is 2.64. The zero-order valence-corrected chi connectivity index (χ0v) is 15.4. The van der Waals surface area contributed by atoms with Crippen LogP contribution in [-0.4, -0.2) is 34.9 Å². The fourth-order valence-corrected chi connectivity index (χ4v) is 3.54. The molecule has 1 heterocycles. The molecule has 25 heavy (non-hydrogen) atoms. The number of aliphatic imine (C=N–C) groups is 1. The summed E-state index contributed by atoms with van der Waals surface area (Å²) in [5, 5.41) is 0.765. The Morgan fingerprint density at radius 3 is 2.56 bits per heavy atom. The van der Waals surface area contributed by atoms with Crippen molar-refractivity contribution in [3.8, 4) is 5.75 Å². The third-order valence-electron chi connectivity index (χ3n) is 3.90. The lowest BCUT2D eigenvalue weighted by Gasteiger charge is -2.27. The second-order valence-corrected chi connectivity index (χ2v) is 6.91. The summed E-state index contributed by atoms with van der Waals surface area (Å²) >= 11 is 1.63. The van der Waals surface area contributed by atoms with Gasteiger partial charge in [-0.3, -0.25) is 9.69 Å². The summed E-state index contributed by atoms with van der Waals surface area (Å²) in [6.45, 7) is 5.32. The fourth-order valence-electron chi connectivity index (χ4n) is 2.59. The Labute approximate surface area is 152 Å². The molecule has 0 unspecified atom stereocenters. The fraction of sp³-hybridized carbons (Fsp3) is 0.300. The highest BCUT2D eigenvalue weighted by molar-refractivity contribution is 8.13. The van der Waals surface area contributed by atoms with Gasteiger partial charge in [0.05, 0.1) is 12.3 Å². The van der Waals surface area contributed by atoms with Gasteiger partial charge in [-0.05, 0) is 56.7 Å². The molecule has 3 rings (SSSR count). The van der Waals surface area contributed by atoms with E-state index in [-0.39, 0.29) is 5.91 Å². The summed E-state index contributed by atoms with van der Waals surface area (Å²) < 4.78 is 5.46. The van der Waals surface area contributed by atoms with Crippen molar-refractivity contribution in [2.45, 2.75) is 20.3 Å². The Balaban J connectivity index is 1.82. The van der Waals surface area contributed by atoms with Crippen LogP contribution in [0.3, 0.4) is 0 Å². The molecule has 0 radical (unpaired) electrons. The number of thioether (sulfide) groups is 1. The van der Waals surface area contributed by atoms with Crippen molar-refractivity contribution in [3.05, 3.63) is 59.7 Å². The van der Waals surface area contributed by atoms with Crippen molar-refractivity contribution in [3.63, 3.8) is 0 Å². The van der Waals surface area contributed by atoms with Crippen molar-refractivity contribution in [1.29, 1.82) is 0 Å². The van der Waals surface area contributed by atoms with Gasteiger partial charge in [-0.15, -0.1) is 0 Å². The van der Waals surface area contributed by atoms with Gasteiger partial charge in [-0.2, -0.15) is 0 Å². The number of hydrogen-bond acceptors (Lipinski definition) is 4. The smallest absolute Gasteiger partial charge is 0.259 e. The minimum absolute atomic E-state index is 0.0110. The number of carbonyl (C=O) groups is 1. The van der Waals surface area contributed by atoms with E-state index in [4.69, 9.17) is 9.73 Å². The predicted molar refractivity (Wildman–Crippen MR) is 104 cm³/mol. The van der Waals surface area contributed by atoms with Crippen LogP contribution in [0.25, 0.3) is 0 Å². The molecule has 1 aliphatic rings.